The summed E-state index contributed by atoms with van der Waals surface area (Å²) in [5.41, 5.74) is 0. The van der Waals surface area contributed by atoms with Gasteiger partial charge in [-0.3, -0.25) is 0 Å². The molecule has 0 aliphatic rings. The first-order valence-electron chi connectivity index (χ1n) is 19.9. The van der Waals surface area contributed by atoms with Crippen LogP contribution in [0.15, 0.2) is 60.7 Å². The molecule has 47 heavy (non-hydrogen) atoms. The molecule has 0 saturated carbocycles. The van der Waals surface area contributed by atoms with Crippen LogP contribution in [0.4, 0.5) is 0 Å². The molecule has 0 aromatic heterocycles. The molecule has 0 spiro atoms. The molecule has 2 aromatic carbocycles. The SMILES string of the molecule is CCCCCCCCCCCCCCC[C@@H](O[Si](c1ccccc1)(c1ccccc1)C(C)(C)C)[C@H](C)C[C@H](C)C[C@H](C)C[C@H](C)CI. The summed E-state index contributed by atoms with van der Waals surface area (Å²) >= 11 is 2.56. The van der Waals surface area contributed by atoms with Gasteiger partial charge in [0, 0.05) is 10.5 Å². The van der Waals surface area contributed by atoms with Crippen LogP contribution < -0.4 is 10.4 Å². The van der Waals surface area contributed by atoms with Crippen molar-refractivity contribution < 1.29 is 4.43 Å². The second-order valence-electron chi connectivity index (χ2n) is 16.5. The number of rotatable bonds is 26. The Balaban J connectivity index is 2.14. The zero-order valence-electron chi connectivity index (χ0n) is 32.2. The van der Waals surface area contributed by atoms with Crippen LogP contribution in [0, 0.1) is 23.7 Å². The Morgan fingerprint density at radius 3 is 1.40 bits per heavy atom. The predicted octanol–water partition coefficient (Wildman–Crippen LogP) is 13.6. The standard InChI is InChI=1S/C44H75IOSi/c1-9-10-11-12-13-14-15-16-17-18-19-20-27-32-43(40(5)35-38(3)33-37(2)34-39(4)36-45)46-47(44(6,7)8,41-28-23-21-24-29-41)42-30-25-22-26-31-42/h21-26,28-31,37-40,43H,9-20,27,32-36H2,1-8H3/t37-,38+,39-,40+,43+/m0/s1. The van der Waals surface area contributed by atoms with E-state index in [2.05, 4.69) is 139 Å². The zero-order valence-corrected chi connectivity index (χ0v) is 35.3. The lowest BCUT2D eigenvalue weighted by Gasteiger charge is -2.46. The summed E-state index contributed by atoms with van der Waals surface area (Å²) in [6.07, 6.45) is 23.6. The highest BCUT2D eigenvalue weighted by Crippen LogP contribution is 2.40. The maximum Gasteiger partial charge on any atom is 0.261 e. The Morgan fingerprint density at radius 1 is 0.574 bits per heavy atom. The first-order chi connectivity index (χ1) is 22.5. The second kappa shape index (κ2) is 23.7. The van der Waals surface area contributed by atoms with Gasteiger partial charge in [-0.1, -0.05) is 222 Å². The molecule has 268 valence electrons. The first kappa shape index (κ1) is 42.5. The summed E-state index contributed by atoms with van der Waals surface area (Å²) in [7, 11) is -2.59. The lowest BCUT2D eigenvalue weighted by atomic mass is 9.84. The Hall–Kier alpha value is -0.653. The van der Waals surface area contributed by atoms with Crippen LogP contribution in [0.1, 0.15) is 165 Å². The fraction of sp³-hybridized carbons (Fsp3) is 0.727. The summed E-state index contributed by atoms with van der Waals surface area (Å²) in [5.74, 6) is 2.87. The molecule has 3 heteroatoms. The van der Waals surface area contributed by atoms with E-state index < -0.39 is 8.32 Å². The van der Waals surface area contributed by atoms with Gasteiger partial charge in [0.25, 0.3) is 8.32 Å². The van der Waals surface area contributed by atoms with E-state index in [4.69, 9.17) is 4.43 Å². The number of unbranched alkanes of at least 4 members (excludes halogenated alkanes) is 12. The van der Waals surface area contributed by atoms with E-state index in [1.54, 1.807) is 0 Å². The third-order valence-electron chi connectivity index (χ3n) is 10.6. The van der Waals surface area contributed by atoms with Crippen molar-refractivity contribution in [2.24, 2.45) is 23.7 Å². The Kier molecular flexibility index (Phi) is 21.4. The average molecular weight is 775 g/mol. The van der Waals surface area contributed by atoms with Crippen LogP contribution >= 0.6 is 22.6 Å². The summed E-state index contributed by atoms with van der Waals surface area (Å²) in [6.45, 7) is 19.5. The normalized spacial score (nSPS) is 15.7. The summed E-state index contributed by atoms with van der Waals surface area (Å²) in [6, 6.07) is 22.6. The van der Waals surface area contributed by atoms with Gasteiger partial charge in [0.1, 0.15) is 0 Å². The predicted molar refractivity (Wildman–Crippen MR) is 222 cm³/mol. The minimum atomic E-state index is -2.59. The highest BCUT2D eigenvalue weighted by molar-refractivity contribution is 14.1. The van der Waals surface area contributed by atoms with Crippen molar-refractivity contribution in [1.82, 2.24) is 0 Å². The topological polar surface area (TPSA) is 9.23 Å². The van der Waals surface area contributed by atoms with Gasteiger partial charge in [-0.25, -0.2) is 0 Å². The third kappa shape index (κ3) is 15.4. The Bertz CT molecular complexity index is 979. The van der Waals surface area contributed by atoms with Crippen LogP contribution in [0.5, 0.6) is 0 Å². The number of halogens is 1. The van der Waals surface area contributed by atoms with Crippen molar-refractivity contribution in [3.63, 3.8) is 0 Å². The molecule has 0 heterocycles. The molecule has 1 nitrogen and oxygen atoms in total. The van der Waals surface area contributed by atoms with Gasteiger partial charge in [0.05, 0.1) is 0 Å². The van der Waals surface area contributed by atoms with Crippen molar-refractivity contribution >= 4 is 41.3 Å². The van der Waals surface area contributed by atoms with Gasteiger partial charge in [0.15, 0.2) is 0 Å². The fourth-order valence-corrected chi connectivity index (χ4v) is 13.3. The van der Waals surface area contributed by atoms with Crippen molar-refractivity contribution in [3.8, 4) is 0 Å². The van der Waals surface area contributed by atoms with E-state index in [0.717, 1.165) is 17.8 Å². The lowest BCUT2D eigenvalue weighted by molar-refractivity contribution is 0.102. The quantitative estimate of drug-likeness (QED) is 0.0400. The molecular formula is C44H75IOSi. The third-order valence-corrected chi connectivity index (χ3v) is 17.2. The van der Waals surface area contributed by atoms with E-state index >= 15 is 0 Å². The van der Waals surface area contributed by atoms with Gasteiger partial charge < -0.3 is 4.43 Å². The summed E-state index contributed by atoms with van der Waals surface area (Å²) in [5, 5.41) is 2.84. The van der Waals surface area contributed by atoms with Crippen molar-refractivity contribution in [2.75, 3.05) is 4.43 Å². The summed E-state index contributed by atoms with van der Waals surface area (Å²) < 4.78 is 9.13. The molecule has 2 rings (SSSR count). The van der Waals surface area contributed by atoms with Crippen LogP contribution in [0.3, 0.4) is 0 Å². The number of hydrogen-bond donors (Lipinski definition) is 0. The zero-order chi connectivity index (χ0) is 34.5. The minimum absolute atomic E-state index is 0.0133. The molecule has 2 aromatic rings. The van der Waals surface area contributed by atoms with Gasteiger partial charge in [0.2, 0.25) is 0 Å². The van der Waals surface area contributed by atoms with E-state index in [-0.39, 0.29) is 11.1 Å². The molecule has 0 fully saturated rings. The van der Waals surface area contributed by atoms with Gasteiger partial charge in [-0.2, -0.15) is 0 Å². The monoisotopic (exact) mass is 774 g/mol. The number of hydrogen-bond acceptors (Lipinski definition) is 1. The van der Waals surface area contributed by atoms with E-state index in [9.17, 15) is 0 Å². The maximum absolute atomic E-state index is 7.87. The highest BCUT2D eigenvalue weighted by Gasteiger charge is 2.51. The second-order valence-corrected chi connectivity index (χ2v) is 21.6. The van der Waals surface area contributed by atoms with E-state index in [1.165, 1.54) is 124 Å². The van der Waals surface area contributed by atoms with Crippen molar-refractivity contribution in [2.45, 2.75) is 176 Å². The molecule has 5 atom stereocenters. The van der Waals surface area contributed by atoms with Gasteiger partial charge in [-0.05, 0) is 64.8 Å². The van der Waals surface area contributed by atoms with E-state index in [0.29, 0.717) is 5.92 Å². The lowest BCUT2D eigenvalue weighted by Crippen LogP contribution is -2.68. The van der Waals surface area contributed by atoms with Crippen LogP contribution in [-0.4, -0.2) is 18.8 Å². The average Bonchev–Trinajstić information content (AvgIpc) is 3.04. The van der Waals surface area contributed by atoms with Crippen molar-refractivity contribution in [3.05, 3.63) is 60.7 Å². The van der Waals surface area contributed by atoms with Crippen LogP contribution in [0.25, 0.3) is 0 Å². The molecular weight excluding hydrogens is 699 g/mol. The molecule has 0 saturated heterocycles. The van der Waals surface area contributed by atoms with E-state index in [1.807, 2.05) is 0 Å². The molecule has 0 amide bonds. The minimum Gasteiger partial charge on any atom is -0.404 e. The molecule has 0 unspecified atom stereocenters. The smallest absolute Gasteiger partial charge is 0.261 e. The number of benzene rings is 2. The summed E-state index contributed by atoms with van der Waals surface area (Å²) in [4.78, 5) is 0. The Morgan fingerprint density at radius 2 is 0.979 bits per heavy atom. The molecule has 0 aliphatic heterocycles. The molecule has 0 bridgehead atoms. The largest absolute Gasteiger partial charge is 0.404 e. The Labute approximate surface area is 308 Å². The molecule has 0 radical (unpaired) electrons. The fourth-order valence-electron chi connectivity index (χ4n) is 8.16. The highest BCUT2D eigenvalue weighted by atomic mass is 127. The molecule has 0 N–H and O–H groups in total. The molecule has 0 aliphatic carbocycles. The van der Waals surface area contributed by atoms with Gasteiger partial charge >= 0.3 is 0 Å². The first-order valence-corrected chi connectivity index (χ1v) is 23.3. The van der Waals surface area contributed by atoms with Crippen LogP contribution in [-0.2, 0) is 4.43 Å². The number of alkyl halides is 1. The maximum atomic E-state index is 7.87. The van der Waals surface area contributed by atoms with Crippen molar-refractivity contribution in [1.29, 1.82) is 0 Å². The van der Waals surface area contributed by atoms with Crippen LogP contribution in [0.2, 0.25) is 5.04 Å². The van der Waals surface area contributed by atoms with Gasteiger partial charge in [-0.15, -0.1) is 0 Å².